The standard InChI is InChI=1S/C12H23N3O3/c16-10-11-9-14(7-8-18-11)4-1-12(17)15-5-2-13-3-6-15/h11,13,16H,1-10H2. The van der Waals surface area contributed by atoms with E-state index in [2.05, 4.69) is 10.2 Å². The number of aliphatic hydroxyl groups is 1. The van der Waals surface area contributed by atoms with E-state index in [0.29, 0.717) is 13.0 Å². The van der Waals surface area contributed by atoms with E-state index < -0.39 is 0 Å². The highest BCUT2D eigenvalue weighted by Crippen LogP contribution is 2.06. The number of aliphatic hydroxyl groups excluding tert-OH is 1. The molecule has 2 aliphatic rings. The molecule has 1 atom stereocenters. The third-order valence-corrected chi connectivity index (χ3v) is 3.54. The molecule has 0 saturated carbocycles. The minimum absolute atomic E-state index is 0.0578. The van der Waals surface area contributed by atoms with Gasteiger partial charge in [-0.05, 0) is 0 Å². The summed E-state index contributed by atoms with van der Waals surface area (Å²) < 4.78 is 5.39. The van der Waals surface area contributed by atoms with Gasteiger partial charge in [-0.15, -0.1) is 0 Å². The molecule has 1 unspecified atom stereocenters. The maximum Gasteiger partial charge on any atom is 0.223 e. The highest BCUT2D eigenvalue weighted by molar-refractivity contribution is 5.76. The molecule has 2 saturated heterocycles. The lowest BCUT2D eigenvalue weighted by Crippen LogP contribution is -2.48. The van der Waals surface area contributed by atoms with Gasteiger partial charge in [0.1, 0.15) is 0 Å². The topological polar surface area (TPSA) is 65.0 Å². The van der Waals surface area contributed by atoms with Gasteiger partial charge < -0.3 is 20.1 Å². The van der Waals surface area contributed by atoms with Crippen molar-refractivity contribution in [3.63, 3.8) is 0 Å². The van der Waals surface area contributed by atoms with Crippen LogP contribution in [-0.2, 0) is 9.53 Å². The van der Waals surface area contributed by atoms with Crippen molar-refractivity contribution in [2.24, 2.45) is 0 Å². The number of piperazine rings is 1. The van der Waals surface area contributed by atoms with E-state index in [1.54, 1.807) is 0 Å². The predicted octanol–water partition coefficient (Wildman–Crippen LogP) is -1.50. The van der Waals surface area contributed by atoms with Crippen LogP contribution in [-0.4, -0.2) is 85.9 Å². The number of amides is 1. The van der Waals surface area contributed by atoms with Crippen LogP contribution in [0, 0.1) is 0 Å². The minimum Gasteiger partial charge on any atom is -0.394 e. The summed E-state index contributed by atoms with van der Waals surface area (Å²) in [6.45, 7) is 6.49. The lowest BCUT2D eigenvalue weighted by molar-refractivity contribution is -0.132. The second-order valence-corrected chi connectivity index (χ2v) is 4.86. The SMILES string of the molecule is O=C(CCN1CCOC(CO)C1)N1CCNCC1. The first-order valence-corrected chi connectivity index (χ1v) is 6.73. The fraction of sp³-hybridized carbons (Fsp3) is 0.917. The molecule has 2 N–H and O–H groups in total. The lowest BCUT2D eigenvalue weighted by Gasteiger charge is -2.33. The first-order chi connectivity index (χ1) is 8.79. The Morgan fingerprint density at radius 1 is 1.33 bits per heavy atom. The largest absolute Gasteiger partial charge is 0.394 e. The van der Waals surface area contributed by atoms with Gasteiger partial charge >= 0.3 is 0 Å². The monoisotopic (exact) mass is 257 g/mol. The van der Waals surface area contributed by atoms with Crippen LogP contribution in [0.3, 0.4) is 0 Å². The molecular formula is C12H23N3O3. The zero-order chi connectivity index (χ0) is 12.8. The van der Waals surface area contributed by atoms with Crippen molar-refractivity contribution in [2.75, 3.05) is 59.0 Å². The third-order valence-electron chi connectivity index (χ3n) is 3.54. The van der Waals surface area contributed by atoms with Crippen LogP contribution in [0.2, 0.25) is 0 Å². The second-order valence-electron chi connectivity index (χ2n) is 4.86. The molecule has 104 valence electrons. The highest BCUT2D eigenvalue weighted by Gasteiger charge is 2.21. The number of nitrogens with zero attached hydrogens (tertiary/aromatic N) is 2. The molecular weight excluding hydrogens is 234 g/mol. The molecule has 1 amide bonds. The second kappa shape index (κ2) is 7.04. The normalized spacial score (nSPS) is 26.3. The lowest BCUT2D eigenvalue weighted by atomic mass is 10.2. The highest BCUT2D eigenvalue weighted by atomic mass is 16.5. The molecule has 0 aliphatic carbocycles. The Bertz CT molecular complexity index is 269. The first kappa shape index (κ1) is 13.7. The molecule has 2 heterocycles. The first-order valence-electron chi connectivity index (χ1n) is 6.73. The average Bonchev–Trinajstić information content (AvgIpc) is 2.46. The molecule has 0 aromatic rings. The van der Waals surface area contributed by atoms with Crippen LogP contribution < -0.4 is 5.32 Å². The maximum atomic E-state index is 12.0. The van der Waals surface area contributed by atoms with E-state index in [9.17, 15) is 4.79 Å². The van der Waals surface area contributed by atoms with Gasteiger partial charge in [-0.1, -0.05) is 0 Å². The summed E-state index contributed by atoms with van der Waals surface area (Å²) in [5.41, 5.74) is 0. The van der Waals surface area contributed by atoms with Crippen molar-refractivity contribution in [1.29, 1.82) is 0 Å². The van der Waals surface area contributed by atoms with Gasteiger partial charge in [0.15, 0.2) is 0 Å². The summed E-state index contributed by atoms with van der Waals surface area (Å²) in [6.07, 6.45) is 0.478. The van der Waals surface area contributed by atoms with Crippen molar-refractivity contribution in [1.82, 2.24) is 15.1 Å². The van der Waals surface area contributed by atoms with Crippen molar-refractivity contribution in [2.45, 2.75) is 12.5 Å². The van der Waals surface area contributed by atoms with Gasteiger partial charge in [-0.25, -0.2) is 0 Å². The molecule has 2 fully saturated rings. The van der Waals surface area contributed by atoms with Crippen molar-refractivity contribution in [3.8, 4) is 0 Å². The molecule has 6 heteroatoms. The Balaban J connectivity index is 1.68. The number of hydrogen-bond acceptors (Lipinski definition) is 5. The summed E-state index contributed by atoms with van der Waals surface area (Å²) >= 11 is 0. The van der Waals surface area contributed by atoms with E-state index >= 15 is 0 Å². The summed E-state index contributed by atoms with van der Waals surface area (Å²) in [7, 11) is 0. The van der Waals surface area contributed by atoms with Crippen LogP contribution in [0.5, 0.6) is 0 Å². The molecule has 2 rings (SSSR count). The maximum absolute atomic E-state index is 12.0. The number of carbonyl (C=O) groups excluding carboxylic acids is 1. The summed E-state index contributed by atoms with van der Waals surface area (Å²) in [6, 6.07) is 0. The van der Waals surface area contributed by atoms with Gasteiger partial charge in [0.05, 0.1) is 19.3 Å². The number of ether oxygens (including phenoxy) is 1. The summed E-state index contributed by atoms with van der Waals surface area (Å²) in [5, 5.41) is 12.3. The molecule has 0 bridgehead atoms. The quantitative estimate of drug-likeness (QED) is 0.642. The van der Waals surface area contributed by atoms with Gasteiger partial charge in [0.2, 0.25) is 5.91 Å². The van der Waals surface area contributed by atoms with Crippen LogP contribution >= 0.6 is 0 Å². The van der Waals surface area contributed by atoms with Crippen molar-refractivity contribution >= 4 is 5.91 Å². The van der Waals surface area contributed by atoms with Crippen LogP contribution in [0.1, 0.15) is 6.42 Å². The Labute approximate surface area is 108 Å². The van der Waals surface area contributed by atoms with E-state index in [-0.39, 0.29) is 18.6 Å². The Morgan fingerprint density at radius 3 is 2.83 bits per heavy atom. The molecule has 0 aromatic carbocycles. The van der Waals surface area contributed by atoms with Gasteiger partial charge in [0.25, 0.3) is 0 Å². The van der Waals surface area contributed by atoms with E-state index in [0.717, 1.165) is 45.8 Å². The van der Waals surface area contributed by atoms with Crippen LogP contribution in [0.4, 0.5) is 0 Å². The number of hydrogen-bond donors (Lipinski definition) is 2. The van der Waals surface area contributed by atoms with E-state index in [1.807, 2.05) is 4.90 Å². The zero-order valence-electron chi connectivity index (χ0n) is 10.8. The summed E-state index contributed by atoms with van der Waals surface area (Å²) in [4.78, 5) is 16.1. The Morgan fingerprint density at radius 2 is 2.11 bits per heavy atom. The van der Waals surface area contributed by atoms with Crippen LogP contribution in [0.25, 0.3) is 0 Å². The average molecular weight is 257 g/mol. The van der Waals surface area contributed by atoms with Gasteiger partial charge in [-0.2, -0.15) is 0 Å². The van der Waals surface area contributed by atoms with Crippen molar-refractivity contribution in [3.05, 3.63) is 0 Å². The van der Waals surface area contributed by atoms with Gasteiger partial charge in [-0.3, -0.25) is 9.69 Å². The Kier molecular flexibility index (Phi) is 5.37. The van der Waals surface area contributed by atoms with Crippen LogP contribution in [0.15, 0.2) is 0 Å². The third kappa shape index (κ3) is 3.91. The molecule has 0 radical (unpaired) electrons. The smallest absolute Gasteiger partial charge is 0.223 e. The van der Waals surface area contributed by atoms with E-state index in [4.69, 9.17) is 9.84 Å². The fourth-order valence-corrected chi connectivity index (χ4v) is 2.42. The molecule has 6 nitrogen and oxygen atoms in total. The van der Waals surface area contributed by atoms with Crippen molar-refractivity contribution < 1.29 is 14.6 Å². The number of nitrogens with one attached hydrogen (secondary N) is 1. The number of carbonyl (C=O) groups is 1. The fourth-order valence-electron chi connectivity index (χ4n) is 2.42. The molecule has 0 spiro atoms. The van der Waals surface area contributed by atoms with Gasteiger partial charge in [0, 0.05) is 52.2 Å². The minimum atomic E-state index is -0.0898. The van der Waals surface area contributed by atoms with E-state index in [1.165, 1.54) is 0 Å². The molecule has 18 heavy (non-hydrogen) atoms. The molecule has 2 aliphatic heterocycles. The number of rotatable bonds is 4. The Hall–Kier alpha value is -0.690. The zero-order valence-corrected chi connectivity index (χ0v) is 10.8. The predicted molar refractivity (Wildman–Crippen MR) is 67.3 cm³/mol. The number of morpholine rings is 1. The summed E-state index contributed by atoms with van der Waals surface area (Å²) in [5.74, 6) is 0.239. The molecule has 0 aromatic heterocycles.